The van der Waals surface area contributed by atoms with Crippen molar-refractivity contribution in [1.29, 1.82) is 0 Å². The number of hydrogen-bond acceptors (Lipinski definition) is 4. The Morgan fingerprint density at radius 1 is 1.16 bits per heavy atom. The molecule has 0 aliphatic rings. The molecule has 2 aromatic rings. The van der Waals surface area contributed by atoms with Gasteiger partial charge in [-0.25, -0.2) is 0 Å². The number of benzene rings is 2. The summed E-state index contributed by atoms with van der Waals surface area (Å²) in [5.74, 6) is -2.15. The zero-order valence-corrected chi connectivity index (χ0v) is 13.7. The van der Waals surface area contributed by atoms with Gasteiger partial charge >= 0.3 is 12.1 Å². The third-order valence-corrected chi connectivity index (χ3v) is 3.77. The van der Waals surface area contributed by atoms with Gasteiger partial charge in [-0.05, 0) is 29.0 Å². The van der Waals surface area contributed by atoms with E-state index >= 15 is 0 Å². The van der Waals surface area contributed by atoms with Gasteiger partial charge in [-0.15, -0.1) is 0 Å². The number of carboxylic acids is 1. The fourth-order valence-electron chi connectivity index (χ4n) is 2.48. The van der Waals surface area contributed by atoms with E-state index in [0.717, 1.165) is 13.2 Å². The Kier molecular flexibility index (Phi) is 5.54. The molecule has 25 heavy (non-hydrogen) atoms. The van der Waals surface area contributed by atoms with Gasteiger partial charge in [0, 0.05) is 5.56 Å². The van der Waals surface area contributed by atoms with E-state index in [1.807, 2.05) is 0 Å². The minimum absolute atomic E-state index is 0.0164. The van der Waals surface area contributed by atoms with Crippen molar-refractivity contribution >= 4 is 34.1 Å². The number of aliphatic carboxylic acids is 1. The van der Waals surface area contributed by atoms with E-state index in [1.54, 1.807) is 0 Å². The van der Waals surface area contributed by atoms with Crippen LogP contribution in [-0.2, 0) is 11.0 Å². The van der Waals surface area contributed by atoms with Crippen LogP contribution in [0, 0.1) is 0 Å². The summed E-state index contributed by atoms with van der Waals surface area (Å²) < 4.78 is 45.0. The molecule has 0 atom stereocenters. The number of methoxy groups -OCH3 is 1. The summed E-state index contributed by atoms with van der Waals surface area (Å²) in [5, 5.41) is 10.7. The Balaban J connectivity index is 2.60. The highest BCUT2D eigenvalue weighted by atomic mass is 35.5. The molecule has 0 aliphatic carbocycles. The van der Waals surface area contributed by atoms with Gasteiger partial charge in [0.15, 0.2) is 5.78 Å². The Labute approximate surface area is 145 Å². The largest absolute Gasteiger partial charge is 0.496 e. The molecule has 0 radical (unpaired) electrons. The first kappa shape index (κ1) is 19.0. The molecule has 0 heterocycles. The minimum Gasteiger partial charge on any atom is -0.496 e. The second kappa shape index (κ2) is 7.28. The Bertz CT molecular complexity index is 836. The van der Waals surface area contributed by atoms with Crippen LogP contribution in [0.2, 0.25) is 5.02 Å². The lowest BCUT2D eigenvalue weighted by Gasteiger charge is -2.17. The molecule has 9 heteroatoms. The standard InChI is InChI=1S/C16H13ClF3NO4/c1-25-12-5-3-8-9(15(12)16(18,19)20)2-4-10(17)14(8)11(22)6-21-7-13(23)24/h2-5,21H,6-7H2,1H3,(H,23,24). The van der Waals surface area contributed by atoms with Crippen molar-refractivity contribution in [1.82, 2.24) is 5.32 Å². The molecule has 2 aromatic carbocycles. The highest BCUT2D eigenvalue weighted by Gasteiger charge is 2.37. The molecule has 2 N–H and O–H groups in total. The molecule has 134 valence electrons. The number of ketones is 1. The number of alkyl halides is 3. The van der Waals surface area contributed by atoms with E-state index in [-0.39, 0.29) is 33.7 Å². The van der Waals surface area contributed by atoms with Crippen LogP contribution in [0.25, 0.3) is 10.8 Å². The van der Waals surface area contributed by atoms with Crippen LogP contribution in [0.15, 0.2) is 24.3 Å². The van der Waals surface area contributed by atoms with Crippen LogP contribution in [0.1, 0.15) is 15.9 Å². The molecular formula is C16H13ClF3NO4. The average molecular weight is 376 g/mol. The zero-order valence-electron chi connectivity index (χ0n) is 12.9. The molecule has 0 aliphatic heterocycles. The number of carbonyl (C=O) groups excluding carboxylic acids is 1. The summed E-state index contributed by atoms with van der Waals surface area (Å²) in [6.07, 6.45) is -4.69. The number of fused-ring (bicyclic) bond motifs is 1. The summed E-state index contributed by atoms with van der Waals surface area (Å²) >= 11 is 6.00. The Hall–Kier alpha value is -2.32. The zero-order chi connectivity index (χ0) is 18.8. The first-order valence-corrected chi connectivity index (χ1v) is 7.36. The van der Waals surface area contributed by atoms with Crippen molar-refractivity contribution in [3.63, 3.8) is 0 Å². The molecule has 0 bridgehead atoms. The van der Waals surface area contributed by atoms with Crippen molar-refractivity contribution in [3.8, 4) is 5.75 Å². The van der Waals surface area contributed by atoms with Gasteiger partial charge in [0.05, 0.1) is 25.2 Å². The third-order valence-electron chi connectivity index (χ3n) is 3.46. The van der Waals surface area contributed by atoms with E-state index in [1.165, 1.54) is 18.2 Å². The van der Waals surface area contributed by atoms with E-state index in [2.05, 4.69) is 5.32 Å². The molecule has 2 rings (SSSR count). The van der Waals surface area contributed by atoms with E-state index in [0.29, 0.717) is 0 Å². The van der Waals surface area contributed by atoms with Crippen molar-refractivity contribution < 1.29 is 32.6 Å². The number of rotatable bonds is 6. The van der Waals surface area contributed by atoms with Gasteiger partial charge in [-0.3, -0.25) is 14.9 Å². The fraction of sp³-hybridized carbons (Fsp3) is 0.250. The van der Waals surface area contributed by atoms with Crippen molar-refractivity contribution in [3.05, 3.63) is 40.4 Å². The quantitative estimate of drug-likeness (QED) is 0.757. The number of hydrogen-bond donors (Lipinski definition) is 2. The SMILES string of the molecule is COc1ccc2c(C(=O)CNCC(=O)O)c(Cl)ccc2c1C(F)(F)F. The van der Waals surface area contributed by atoms with Gasteiger partial charge in [0.25, 0.3) is 0 Å². The highest BCUT2D eigenvalue weighted by Crippen LogP contribution is 2.42. The van der Waals surface area contributed by atoms with Crippen LogP contribution >= 0.6 is 11.6 Å². The predicted molar refractivity (Wildman–Crippen MR) is 85.3 cm³/mol. The highest BCUT2D eigenvalue weighted by molar-refractivity contribution is 6.36. The normalized spacial score (nSPS) is 11.6. The molecule has 0 unspecified atom stereocenters. The monoisotopic (exact) mass is 375 g/mol. The number of Topliss-reactive ketones (excluding diaryl/α,β-unsaturated/α-hetero) is 1. The average Bonchev–Trinajstić information content (AvgIpc) is 2.52. The fourth-order valence-corrected chi connectivity index (χ4v) is 2.75. The lowest BCUT2D eigenvalue weighted by Crippen LogP contribution is -2.28. The second-order valence-electron chi connectivity index (χ2n) is 5.08. The number of ether oxygens (including phenoxy) is 1. The van der Waals surface area contributed by atoms with Gasteiger partial charge in [0.1, 0.15) is 11.3 Å². The van der Waals surface area contributed by atoms with Gasteiger partial charge in [0.2, 0.25) is 0 Å². The smallest absolute Gasteiger partial charge is 0.420 e. The molecule has 0 aromatic heterocycles. The number of halogens is 4. The van der Waals surface area contributed by atoms with E-state index in [4.69, 9.17) is 21.4 Å². The number of nitrogens with one attached hydrogen (secondary N) is 1. The Morgan fingerprint density at radius 3 is 2.36 bits per heavy atom. The maximum atomic E-state index is 13.4. The maximum Gasteiger partial charge on any atom is 0.420 e. The van der Waals surface area contributed by atoms with Crippen LogP contribution in [-0.4, -0.2) is 37.1 Å². The van der Waals surface area contributed by atoms with Crippen LogP contribution in [0.5, 0.6) is 5.75 Å². The van der Waals surface area contributed by atoms with Crippen LogP contribution in [0.4, 0.5) is 13.2 Å². The lowest BCUT2D eigenvalue weighted by atomic mass is 9.96. The lowest BCUT2D eigenvalue weighted by molar-refractivity contribution is -0.137. The molecule has 5 nitrogen and oxygen atoms in total. The summed E-state index contributed by atoms with van der Waals surface area (Å²) in [5.41, 5.74) is -1.11. The number of carbonyl (C=O) groups is 2. The van der Waals surface area contributed by atoms with Crippen LogP contribution in [0.3, 0.4) is 0 Å². The van der Waals surface area contributed by atoms with E-state index in [9.17, 15) is 22.8 Å². The summed E-state index contributed by atoms with van der Waals surface area (Å²) in [7, 11) is 1.12. The summed E-state index contributed by atoms with van der Waals surface area (Å²) in [4.78, 5) is 22.8. The van der Waals surface area contributed by atoms with E-state index < -0.39 is 30.0 Å². The van der Waals surface area contributed by atoms with Crippen molar-refractivity contribution in [2.45, 2.75) is 6.18 Å². The molecule has 0 spiro atoms. The van der Waals surface area contributed by atoms with Gasteiger partial charge in [-0.2, -0.15) is 13.2 Å². The van der Waals surface area contributed by atoms with Crippen molar-refractivity contribution in [2.75, 3.05) is 20.2 Å². The first-order chi connectivity index (χ1) is 11.7. The van der Waals surface area contributed by atoms with Crippen molar-refractivity contribution in [2.24, 2.45) is 0 Å². The molecule has 0 fully saturated rings. The topological polar surface area (TPSA) is 75.6 Å². The summed E-state index contributed by atoms with van der Waals surface area (Å²) in [6, 6.07) is 4.80. The number of carboxylic acid groups (broad SMARTS) is 1. The first-order valence-electron chi connectivity index (χ1n) is 6.99. The third kappa shape index (κ3) is 4.02. The molecule has 0 amide bonds. The molecule has 0 saturated carbocycles. The second-order valence-corrected chi connectivity index (χ2v) is 5.49. The van der Waals surface area contributed by atoms with Crippen LogP contribution < -0.4 is 10.1 Å². The Morgan fingerprint density at radius 2 is 1.80 bits per heavy atom. The maximum absolute atomic E-state index is 13.4. The minimum atomic E-state index is -4.69. The van der Waals surface area contributed by atoms with Gasteiger partial charge in [-0.1, -0.05) is 17.7 Å². The summed E-state index contributed by atoms with van der Waals surface area (Å²) in [6.45, 7) is -0.839. The van der Waals surface area contributed by atoms with Gasteiger partial charge < -0.3 is 9.84 Å². The molecule has 0 saturated heterocycles. The molecular weight excluding hydrogens is 363 g/mol. The predicted octanol–water partition coefficient (Wildman–Crippen LogP) is 3.38.